The molecule has 80 valence electrons. The van der Waals surface area contributed by atoms with Gasteiger partial charge in [-0.25, -0.2) is 9.97 Å². The Hall–Kier alpha value is -1.16. The Balaban J connectivity index is 2.24. The molecule has 15 heavy (non-hydrogen) atoms. The van der Waals surface area contributed by atoms with Crippen LogP contribution in [0.25, 0.3) is 0 Å². The number of aromatic nitrogens is 2. The summed E-state index contributed by atoms with van der Waals surface area (Å²) in [4.78, 5) is 21.5. The Morgan fingerprint density at radius 1 is 1.53 bits per heavy atom. The van der Waals surface area contributed by atoms with E-state index < -0.39 is 0 Å². The lowest BCUT2D eigenvalue weighted by Crippen LogP contribution is -2.29. The van der Waals surface area contributed by atoms with Crippen LogP contribution in [-0.4, -0.2) is 33.9 Å². The number of rotatable bonds is 2. The molecule has 0 saturated heterocycles. The topological polar surface area (TPSA) is 46.1 Å². The molecule has 2 rings (SSSR count). The predicted octanol–water partition coefficient (Wildman–Crippen LogP) is 1.67. The molecule has 0 bridgehead atoms. The van der Waals surface area contributed by atoms with Gasteiger partial charge in [0.1, 0.15) is 5.69 Å². The summed E-state index contributed by atoms with van der Waals surface area (Å²) in [6.45, 7) is 1.79. The van der Waals surface area contributed by atoms with Gasteiger partial charge in [0.05, 0.1) is 0 Å². The minimum atomic E-state index is -0.0788. The number of aryl methyl sites for hydroxylation is 1. The quantitative estimate of drug-likeness (QED) is 0.720. The molecule has 0 atom stereocenters. The van der Waals surface area contributed by atoms with E-state index in [0.717, 1.165) is 12.8 Å². The Morgan fingerprint density at radius 2 is 2.20 bits per heavy atom. The van der Waals surface area contributed by atoms with Gasteiger partial charge in [0.15, 0.2) is 0 Å². The number of hydrogen-bond donors (Lipinski definition) is 0. The zero-order valence-electron chi connectivity index (χ0n) is 8.70. The highest BCUT2D eigenvalue weighted by molar-refractivity contribution is 6.28. The van der Waals surface area contributed by atoms with E-state index in [1.807, 2.05) is 0 Å². The van der Waals surface area contributed by atoms with Gasteiger partial charge in [-0.1, -0.05) is 0 Å². The van der Waals surface area contributed by atoms with E-state index in [-0.39, 0.29) is 11.2 Å². The molecule has 0 radical (unpaired) electrons. The average Bonchev–Trinajstić information content (AvgIpc) is 2.97. The van der Waals surface area contributed by atoms with Crippen LogP contribution in [0.5, 0.6) is 0 Å². The third-order valence-electron chi connectivity index (χ3n) is 2.46. The van der Waals surface area contributed by atoms with E-state index in [1.165, 1.54) is 0 Å². The monoisotopic (exact) mass is 225 g/mol. The molecule has 1 aromatic rings. The van der Waals surface area contributed by atoms with Gasteiger partial charge >= 0.3 is 0 Å². The van der Waals surface area contributed by atoms with Crippen LogP contribution >= 0.6 is 11.6 Å². The van der Waals surface area contributed by atoms with Crippen LogP contribution in [-0.2, 0) is 0 Å². The Labute approximate surface area is 93.3 Å². The van der Waals surface area contributed by atoms with Gasteiger partial charge in [-0.2, -0.15) is 0 Å². The van der Waals surface area contributed by atoms with Crippen molar-refractivity contribution in [2.45, 2.75) is 25.8 Å². The normalized spacial score (nSPS) is 15.1. The standard InChI is InChI=1S/C10H12ClN3O/c1-6-5-8(13-10(11)12-6)9(15)14(2)7-3-4-7/h5,7H,3-4H2,1-2H3. The van der Waals surface area contributed by atoms with Crippen molar-refractivity contribution in [2.24, 2.45) is 0 Å². The second-order valence-corrected chi connectivity index (χ2v) is 4.15. The first-order valence-corrected chi connectivity index (χ1v) is 5.24. The lowest BCUT2D eigenvalue weighted by molar-refractivity contribution is 0.0779. The fourth-order valence-electron chi connectivity index (χ4n) is 1.45. The van der Waals surface area contributed by atoms with Crippen molar-refractivity contribution in [1.82, 2.24) is 14.9 Å². The van der Waals surface area contributed by atoms with E-state index in [2.05, 4.69) is 9.97 Å². The van der Waals surface area contributed by atoms with Crippen molar-refractivity contribution < 1.29 is 4.79 Å². The first kappa shape index (κ1) is 10.4. The number of hydrogen-bond acceptors (Lipinski definition) is 3. The number of carbonyl (C=O) groups excluding carboxylic acids is 1. The zero-order valence-corrected chi connectivity index (χ0v) is 9.45. The van der Waals surface area contributed by atoms with Crippen molar-refractivity contribution in [2.75, 3.05) is 7.05 Å². The predicted molar refractivity (Wildman–Crippen MR) is 56.9 cm³/mol. The molecule has 1 amide bonds. The van der Waals surface area contributed by atoms with Crippen molar-refractivity contribution in [1.29, 1.82) is 0 Å². The van der Waals surface area contributed by atoms with Crippen molar-refractivity contribution >= 4 is 17.5 Å². The SMILES string of the molecule is Cc1cc(C(=O)N(C)C2CC2)nc(Cl)n1. The second kappa shape index (κ2) is 3.77. The van der Waals surface area contributed by atoms with E-state index in [1.54, 1.807) is 24.9 Å². The van der Waals surface area contributed by atoms with Gasteiger partial charge in [0.2, 0.25) is 5.28 Å². The molecule has 4 nitrogen and oxygen atoms in total. The summed E-state index contributed by atoms with van der Waals surface area (Å²) in [5, 5.41) is 0.127. The molecule has 1 fully saturated rings. The van der Waals surface area contributed by atoms with Crippen LogP contribution in [0, 0.1) is 6.92 Å². The maximum atomic E-state index is 11.9. The third-order valence-corrected chi connectivity index (χ3v) is 2.63. The molecule has 0 aliphatic heterocycles. The van der Waals surface area contributed by atoms with Gasteiger partial charge in [-0.3, -0.25) is 4.79 Å². The number of halogens is 1. The van der Waals surface area contributed by atoms with E-state index in [9.17, 15) is 4.79 Å². The summed E-state index contributed by atoms with van der Waals surface area (Å²) in [5.41, 5.74) is 1.09. The highest BCUT2D eigenvalue weighted by Crippen LogP contribution is 2.26. The number of amides is 1. The van der Waals surface area contributed by atoms with Crippen molar-refractivity contribution in [3.8, 4) is 0 Å². The Kier molecular flexibility index (Phi) is 2.61. The molecule has 1 aromatic heterocycles. The summed E-state index contributed by atoms with van der Waals surface area (Å²) in [6, 6.07) is 2.04. The smallest absolute Gasteiger partial charge is 0.272 e. The maximum Gasteiger partial charge on any atom is 0.272 e. The fraction of sp³-hybridized carbons (Fsp3) is 0.500. The number of nitrogens with zero attached hydrogens (tertiary/aromatic N) is 3. The molecular formula is C10H12ClN3O. The van der Waals surface area contributed by atoms with E-state index in [4.69, 9.17) is 11.6 Å². The Bertz CT molecular complexity index is 383. The maximum absolute atomic E-state index is 11.9. The van der Waals surface area contributed by atoms with Gasteiger partial charge < -0.3 is 4.90 Å². The van der Waals surface area contributed by atoms with Crippen LogP contribution < -0.4 is 0 Å². The van der Waals surface area contributed by atoms with E-state index in [0.29, 0.717) is 17.4 Å². The van der Waals surface area contributed by atoms with Crippen molar-refractivity contribution in [3.63, 3.8) is 0 Å². The van der Waals surface area contributed by atoms with Gasteiger partial charge in [0, 0.05) is 18.8 Å². The average molecular weight is 226 g/mol. The zero-order chi connectivity index (χ0) is 11.0. The van der Waals surface area contributed by atoms with Crippen LogP contribution in [0.3, 0.4) is 0 Å². The molecule has 0 spiro atoms. The summed E-state index contributed by atoms with van der Waals surface area (Å²) in [6.07, 6.45) is 2.17. The van der Waals surface area contributed by atoms with Crippen LogP contribution in [0.1, 0.15) is 29.0 Å². The van der Waals surface area contributed by atoms with Crippen molar-refractivity contribution in [3.05, 3.63) is 22.7 Å². The molecule has 1 heterocycles. The van der Waals surface area contributed by atoms with Gasteiger partial charge in [-0.15, -0.1) is 0 Å². The molecule has 1 saturated carbocycles. The minimum Gasteiger partial charge on any atom is -0.337 e. The van der Waals surface area contributed by atoms with Crippen LogP contribution in [0.15, 0.2) is 6.07 Å². The minimum absolute atomic E-state index is 0.0788. The summed E-state index contributed by atoms with van der Waals surface area (Å²) in [7, 11) is 1.80. The highest BCUT2D eigenvalue weighted by atomic mass is 35.5. The molecule has 0 N–H and O–H groups in total. The van der Waals surface area contributed by atoms with Gasteiger partial charge in [-0.05, 0) is 37.4 Å². The van der Waals surface area contributed by atoms with E-state index >= 15 is 0 Å². The highest BCUT2D eigenvalue weighted by Gasteiger charge is 2.30. The summed E-state index contributed by atoms with van der Waals surface area (Å²) < 4.78 is 0. The van der Waals surface area contributed by atoms with Crippen LogP contribution in [0.4, 0.5) is 0 Å². The molecule has 0 aromatic carbocycles. The molecule has 5 heteroatoms. The Morgan fingerprint density at radius 3 is 2.73 bits per heavy atom. The third kappa shape index (κ3) is 2.26. The lowest BCUT2D eigenvalue weighted by atomic mass is 10.3. The van der Waals surface area contributed by atoms with Crippen LogP contribution in [0.2, 0.25) is 5.28 Å². The molecule has 1 aliphatic carbocycles. The first-order chi connectivity index (χ1) is 7.08. The molecule has 1 aliphatic rings. The summed E-state index contributed by atoms with van der Waals surface area (Å²) in [5.74, 6) is -0.0788. The van der Waals surface area contributed by atoms with Gasteiger partial charge in [0.25, 0.3) is 5.91 Å². The fourth-order valence-corrected chi connectivity index (χ4v) is 1.67. The summed E-state index contributed by atoms with van der Waals surface area (Å²) >= 11 is 5.70. The molecular weight excluding hydrogens is 214 g/mol. The largest absolute Gasteiger partial charge is 0.337 e. The lowest BCUT2D eigenvalue weighted by Gasteiger charge is -2.15. The molecule has 0 unspecified atom stereocenters. The number of carbonyl (C=O) groups is 1. The second-order valence-electron chi connectivity index (χ2n) is 3.81. The first-order valence-electron chi connectivity index (χ1n) is 4.86.